The molecule has 1 rings (SSSR count). The smallest absolute Gasteiger partial charge is 0.466 e. The third-order valence-electron chi connectivity index (χ3n) is 2.13. The van der Waals surface area contributed by atoms with Crippen molar-refractivity contribution in [1.82, 2.24) is 5.32 Å². The molecule has 0 aliphatic heterocycles. The topological polar surface area (TPSA) is 89.8 Å². The number of carboxylic acids is 1. The van der Waals surface area contributed by atoms with Crippen LogP contribution in [0, 0.1) is 0 Å². The summed E-state index contributed by atoms with van der Waals surface area (Å²) in [5, 5.41) is 28.8. The fourth-order valence-corrected chi connectivity index (χ4v) is 1.34. The van der Waals surface area contributed by atoms with Gasteiger partial charge in [0.05, 0.1) is 0 Å². The highest BCUT2D eigenvalue weighted by molar-refractivity contribution is 6.41. The lowest BCUT2D eigenvalue weighted by Crippen LogP contribution is -2.43. The van der Waals surface area contributed by atoms with Gasteiger partial charge in [-0.3, -0.25) is 4.79 Å². The molecule has 1 atom stereocenters. The van der Waals surface area contributed by atoms with Crippen molar-refractivity contribution < 1.29 is 19.9 Å². The van der Waals surface area contributed by atoms with Crippen LogP contribution in [-0.2, 0) is 11.2 Å². The van der Waals surface area contributed by atoms with E-state index >= 15 is 0 Å². The van der Waals surface area contributed by atoms with Crippen molar-refractivity contribution >= 4 is 13.1 Å². The number of carbonyl (C=O) groups is 1. The molecule has 5 nitrogen and oxygen atoms in total. The monoisotopic (exact) mass is 223 g/mol. The predicted molar refractivity (Wildman–Crippen MR) is 59.8 cm³/mol. The summed E-state index contributed by atoms with van der Waals surface area (Å²) in [5.74, 6) is -1.01. The maximum Gasteiger partial charge on any atom is 0.466 e. The van der Waals surface area contributed by atoms with Gasteiger partial charge in [-0.15, -0.1) is 0 Å². The molecule has 0 aromatic heterocycles. The average Bonchev–Trinajstić information content (AvgIpc) is 2.25. The van der Waals surface area contributed by atoms with E-state index in [-0.39, 0.29) is 6.44 Å². The Labute approximate surface area is 93.9 Å². The van der Waals surface area contributed by atoms with Crippen molar-refractivity contribution in [2.45, 2.75) is 12.5 Å². The summed E-state index contributed by atoms with van der Waals surface area (Å²) in [6.07, 6.45) is 0.146. The van der Waals surface area contributed by atoms with Gasteiger partial charge < -0.3 is 20.5 Å². The number of benzene rings is 1. The minimum absolute atomic E-state index is 0.163. The van der Waals surface area contributed by atoms with E-state index in [2.05, 4.69) is 5.32 Å². The normalized spacial score (nSPS) is 12.1. The molecule has 0 amide bonds. The molecule has 86 valence electrons. The van der Waals surface area contributed by atoms with Gasteiger partial charge in [-0.25, -0.2) is 0 Å². The summed E-state index contributed by atoms with van der Waals surface area (Å²) >= 11 is 0. The first-order chi connectivity index (χ1) is 7.59. The van der Waals surface area contributed by atoms with E-state index in [9.17, 15) is 4.79 Å². The van der Waals surface area contributed by atoms with Gasteiger partial charge in [0.25, 0.3) is 0 Å². The van der Waals surface area contributed by atoms with Crippen LogP contribution in [0.2, 0.25) is 0 Å². The highest BCUT2D eigenvalue weighted by Crippen LogP contribution is 2.03. The molecule has 16 heavy (non-hydrogen) atoms. The van der Waals surface area contributed by atoms with Gasteiger partial charge in [-0.2, -0.15) is 0 Å². The molecule has 1 aromatic rings. The highest BCUT2D eigenvalue weighted by atomic mass is 16.4. The first kappa shape index (κ1) is 12.7. The molecule has 0 saturated carbocycles. The minimum Gasteiger partial charge on any atom is -0.480 e. The van der Waals surface area contributed by atoms with Crippen LogP contribution in [0.5, 0.6) is 0 Å². The summed E-state index contributed by atoms with van der Waals surface area (Å²) in [4.78, 5) is 10.9. The molecule has 0 bridgehead atoms. The molecule has 0 aliphatic carbocycles. The Morgan fingerprint density at radius 3 is 2.44 bits per heavy atom. The van der Waals surface area contributed by atoms with Gasteiger partial charge in [-0.05, 0) is 12.0 Å². The number of nitrogens with one attached hydrogen (secondary N) is 1. The van der Waals surface area contributed by atoms with Crippen LogP contribution in [0.3, 0.4) is 0 Å². The Morgan fingerprint density at radius 2 is 1.94 bits per heavy atom. The lowest BCUT2D eigenvalue weighted by atomic mass is 9.91. The molecule has 1 aromatic carbocycles. The third kappa shape index (κ3) is 4.44. The number of hydrogen-bond donors (Lipinski definition) is 4. The molecule has 0 saturated heterocycles. The van der Waals surface area contributed by atoms with E-state index in [0.29, 0.717) is 6.42 Å². The van der Waals surface area contributed by atoms with Gasteiger partial charge in [0.1, 0.15) is 6.04 Å². The van der Waals surface area contributed by atoms with Crippen LogP contribution in [0.15, 0.2) is 30.3 Å². The second-order valence-corrected chi connectivity index (χ2v) is 3.47. The first-order valence-electron chi connectivity index (χ1n) is 4.96. The molecule has 0 radical (unpaired) electrons. The van der Waals surface area contributed by atoms with E-state index < -0.39 is 19.1 Å². The molecule has 4 N–H and O–H groups in total. The number of hydrogen-bond acceptors (Lipinski definition) is 4. The van der Waals surface area contributed by atoms with E-state index in [0.717, 1.165) is 5.56 Å². The van der Waals surface area contributed by atoms with Gasteiger partial charge >= 0.3 is 13.1 Å². The van der Waals surface area contributed by atoms with Gasteiger partial charge in [0, 0.05) is 6.44 Å². The van der Waals surface area contributed by atoms with Crippen LogP contribution in [-0.4, -0.2) is 40.7 Å². The second-order valence-electron chi connectivity index (χ2n) is 3.47. The quantitative estimate of drug-likeness (QED) is 0.478. The largest absolute Gasteiger partial charge is 0.480 e. The van der Waals surface area contributed by atoms with E-state index in [1.54, 1.807) is 0 Å². The predicted octanol–water partition coefficient (Wildman–Crippen LogP) is -0.716. The van der Waals surface area contributed by atoms with Crippen LogP contribution >= 0.6 is 0 Å². The Morgan fingerprint density at radius 1 is 1.31 bits per heavy atom. The summed E-state index contributed by atoms with van der Waals surface area (Å²) in [6, 6.07) is 8.35. The summed E-state index contributed by atoms with van der Waals surface area (Å²) in [5.41, 5.74) is 0.884. The fraction of sp³-hybridized carbons (Fsp3) is 0.300. The van der Waals surface area contributed by atoms with Crippen LogP contribution < -0.4 is 5.32 Å². The third-order valence-corrected chi connectivity index (χ3v) is 2.13. The molecule has 6 heteroatoms. The molecule has 0 aliphatic rings. The van der Waals surface area contributed by atoms with Crippen molar-refractivity contribution in [3.8, 4) is 0 Å². The zero-order valence-corrected chi connectivity index (χ0v) is 8.71. The maximum absolute atomic E-state index is 10.9. The van der Waals surface area contributed by atoms with Crippen molar-refractivity contribution in [2.24, 2.45) is 0 Å². The van der Waals surface area contributed by atoms with Gasteiger partial charge in [0.2, 0.25) is 0 Å². The van der Waals surface area contributed by atoms with Gasteiger partial charge in [-0.1, -0.05) is 30.3 Å². The summed E-state index contributed by atoms with van der Waals surface area (Å²) < 4.78 is 0. The SMILES string of the molecule is O=C(O)[C@H](Cc1ccccc1)NCB(O)O. The zero-order chi connectivity index (χ0) is 12.0. The number of carboxylic acid groups (broad SMARTS) is 1. The molecule has 0 unspecified atom stereocenters. The number of rotatable bonds is 6. The Bertz CT molecular complexity index is 331. The Balaban J connectivity index is 2.55. The molecular formula is C10H14BNO4. The molecular weight excluding hydrogens is 209 g/mol. The van der Waals surface area contributed by atoms with Crippen molar-refractivity contribution in [2.75, 3.05) is 6.44 Å². The minimum atomic E-state index is -1.54. The van der Waals surface area contributed by atoms with Crippen molar-refractivity contribution in [3.05, 3.63) is 35.9 Å². The molecule has 0 spiro atoms. The van der Waals surface area contributed by atoms with Crippen molar-refractivity contribution in [1.29, 1.82) is 0 Å². The molecule has 0 fully saturated rings. The molecule has 0 heterocycles. The summed E-state index contributed by atoms with van der Waals surface area (Å²) in [6.45, 7) is 0. The Hall–Kier alpha value is -1.37. The van der Waals surface area contributed by atoms with Crippen LogP contribution in [0.1, 0.15) is 5.56 Å². The first-order valence-corrected chi connectivity index (χ1v) is 4.96. The zero-order valence-electron chi connectivity index (χ0n) is 8.71. The van der Waals surface area contributed by atoms with E-state index in [1.807, 2.05) is 30.3 Å². The van der Waals surface area contributed by atoms with Crippen LogP contribution in [0.25, 0.3) is 0 Å². The highest BCUT2D eigenvalue weighted by Gasteiger charge is 2.19. The lowest BCUT2D eigenvalue weighted by Gasteiger charge is -2.13. The fourth-order valence-electron chi connectivity index (χ4n) is 1.34. The van der Waals surface area contributed by atoms with E-state index in [1.165, 1.54) is 0 Å². The summed E-state index contributed by atoms with van der Waals surface area (Å²) in [7, 11) is -1.54. The Kier molecular flexibility index (Phi) is 4.98. The maximum atomic E-state index is 10.9. The van der Waals surface area contributed by atoms with Crippen molar-refractivity contribution in [3.63, 3.8) is 0 Å². The van der Waals surface area contributed by atoms with Crippen LogP contribution in [0.4, 0.5) is 0 Å². The second kappa shape index (κ2) is 6.27. The number of aliphatic carboxylic acids is 1. The standard InChI is InChI=1S/C10H14BNO4/c13-10(14)9(12-7-11(15)16)6-8-4-2-1-3-5-8/h1-5,9,12,15-16H,6-7H2,(H,13,14)/t9-/m0/s1. The lowest BCUT2D eigenvalue weighted by molar-refractivity contribution is -0.139. The van der Waals surface area contributed by atoms with E-state index in [4.69, 9.17) is 15.2 Å². The van der Waals surface area contributed by atoms with Gasteiger partial charge in [0.15, 0.2) is 0 Å². The average molecular weight is 223 g/mol.